The highest BCUT2D eigenvalue weighted by Gasteiger charge is 2.13. The number of halogens is 2. The Hall–Kier alpha value is -2.15. The number of aromatic nitrogens is 1. The van der Waals surface area contributed by atoms with Gasteiger partial charge in [0.1, 0.15) is 18.1 Å². The summed E-state index contributed by atoms with van der Waals surface area (Å²) >= 11 is 3.02. The first-order chi connectivity index (χ1) is 9.47. The fraction of sp³-hybridized carbons (Fsp3) is 0.0769. The van der Waals surface area contributed by atoms with Crippen molar-refractivity contribution in [3.8, 4) is 0 Å². The maximum atomic E-state index is 13.1. The number of rotatable bonds is 4. The van der Waals surface area contributed by atoms with Gasteiger partial charge in [-0.05, 0) is 46.3 Å². The van der Waals surface area contributed by atoms with E-state index in [2.05, 4.69) is 21.2 Å². The number of anilines is 1. The first-order valence-electron chi connectivity index (χ1n) is 5.60. The molecule has 0 spiro atoms. The first kappa shape index (κ1) is 14.3. The number of nitrogens with zero attached hydrogens (tertiary/aromatic N) is 1. The fourth-order valence-electron chi connectivity index (χ4n) is 1.67. The molecule has 2 rings (SSSR count). The molecule has 0 bridgehead atoms. The molecule has 0 fully saturated rings. The highest BCUT2D eigenvalue weighted by molar-refractivity contribution is 9.10. The molecule has 0 saturated carbocycles. The lowest BCUT2D eigenvalue weighted by Gasteiger charge is -2.08. The predicted octanol–water partition coefficient (Wildman–Crippen LogP) is 2.73. The standard InChI is InChI=1S/C13H10BrFN2O3/c14-9-6-8(3-4-10(9)15)16-13(20)11-2-1-5-17(11)7-12(18)19/h1-6H,7H2,(H,16,20)(H,18,19). The van der Waals surface area contributed by atoms with Crippen molar-refractivity contribution >= 4 is 33.5 Å². The van der Waals surface area contributed by atoms with Crippen molar-refractivity contribution in [1.29, 1.82) is 0 Å². The average molecular weight is 341 g/mol. The second-order valence-electron chi connectivity index (χ2n) is 4.00. The molecule has 1 aromatic heterocycles. The molecule has 1 heterocycles. The van der Waals surface area contributed by atoms with Crippen LogP contribution in [-0.2, 0) is 11.3 Å². The maximum Gasteiger partial charge on any atom is 0.323 e. The summed E-state index contributed by atoms with van der Waals surface area (Å²) in [7, 11) is 0. The number of hydrogen-bond acceptors (Lipinski definition) is 2. The molecule has 104 valence electrons. The van der Waals surface area contributed by atoms with E-state index in [1.165, 1.54) is 35.0 Å². The third kappa shape index (κ3) is 3.24. The SMILES string of the molecule is O=C(O)Cn1cccc1C(=O)Nc1ccc(F)c(Br)c1. The molecule has 0 atom stereocenters. The topological polar surface area (TPSA) is 71.3 Å². The van der Waals surface area contributed by atoms with Crippen molar-refractivity contribution in [2.45, 2.75) is 6.54 Å². The Morgan fingerprint density at radius 3 is 2.75 bits per heavy atom. The summed E-state index contributed by atoms with van der Waals surface area (Å²) in [6, 6.07) is 7.16. The van der Waals surface area contributed by atoms with E-state index in [4.69, 9.17) is 5.11 Å². The summed E-state index contributed by atoms with van der Waals surface area (Å²) in [5.41, 5.74) is 0.624. The Balaban J connectivity index is 2.17. The van der Waals surface area contributed by atoms with E-state index in [0.717, 1.165) is 0 Å². The van der Waals surface area contributed by atoms with Crippen molar-refractivity contribution in [3.05, 3.63) is 52.5 Å². The first-order valence-corrected chi connectivity index (χ1v) is 6.40. The van der Waals surface area contributed by atoms with E-state index in [9.17, 15) is 14.0 Å². The Morgan fingerprint density at radius 1 is 1.35 bits per heavy atom. The predicted molar refractivity (Wildman–Crippen MR) is 74.1 cm³/mol. The molecule has 0 aliphatic rings. The van der Waals surface area contributed by atoms with Crippen molar-refractivity contribution < 1.29 is 19.1 Å². The Bertz CT molecular complexity index is 669. The van der Waals surface area contributed by atoms with Crippen LogP contribution < -0.4 is 5.32 Å². The number of carboxylic acids is 1. The molecule has 2 N–H and O–H groups in total. The van der Waals surface area contributed by atoms with Crippen molar-refractivity contribution in [3.63, 3.8) is 0 Å². The highest BCUT2D eigenvalue weighted by Crippen LogP contribution is 2.20. The van der Waals surface area contributed by atoms with Crippen LogP contribution in [0.5, 0.6) is 0 Å². The molecule has 0 aliphatic heterocycles. The highest BCUT2D eigenvalue weighted by atomic mass is 79.9. The van der Waals surface area contributed by atoms with E-state index in [-0.39, 0.29) is 16.7 Å². The molecule has 2 aromatic rings. The zero-order valence-electron chi connectivity index (χ0n) is 10.1. The summed E-state index contributed by atoms with van der Waals surface area (Å²) in [6.07, 6.45) is 1.50. The fourth-order valence-corrected chi connectivity index (χ4v) is 2.05. The van der Waals surface area contributed by atoms with Crippen molar-refractivity contribution in [1.82, 2.24) is 4.57 Å². The summed E-state index contributed by atoms with van der Waals surface area (Å²) in [6.45, 7) is -0.303. The molecule has 5 nitrogen and oxygen atoms in total. The van der Waals surface area contributed by atoms with E-state index < -0.39 is 17.7 Å². The third-order valence-corrected chi connectivity index (χ3v) is 3.15. The van der Waals surface area contributed by atoms with Gasteiger partial charge in [0.2, 0.25) is 0 Å². The minimum absolute atomic E-state index is 0.216. The minimum Gasteiger partial charge on any atom is -0.480 e. The van der Waals surface area contributed by atoms with Gasteiger partial charge in [-0.25, -0.2) is 4.39 Å². The van der Waals surface area contributed by atoms with Gasteiger partial charge in [0.05, 0.1) is 4.47 Å². The van der Waals surface area contributed by atoms with Crippen LogP contribution in [-0.4, -0.2) is 21.6 Å². The van der Waals surface area contributed by atoms with Gasteiger partial charge in [0, 0.05) is 11.9 Å². The average Bonchev–Trinajstić information content (AvgIpc) is 2.81. The molecule has 0 saturated heterocycles. The molecule has 0 aliphatic carbocycles. The lowest BCUT2D eigenvalue weighted by Crippen LogP contribution is -2.19. The molecular weight excluding hydrogens is 331 g/mol. The molecule has 1 aromatic carbocycles. The van der Waals surface area contributed by atoms with Gasteiger partial charge in [0.25, 0.3) is 5.91 Å². The van der Waals surface area contributed by atoms with Crippen LogP contribution in [0.25, 0.3) is 0 Å². The van der Waals surface area contributed by atoms with Crippen LogP contribution in [0.4, 0.5) is 10.1 Å². The third-order valence-electron chi connectivity index (χ3n) is 2.55. The van der Waals surface area contributed by atoms with Gasteiger partial charge >= 0.3 is 5.97 Å². The minimum atomic E-state index is -1.04. The van der Waals surface area contributed by atoms with Gasteiger partial charge in [-0.3, -0.25) is 9.59 Å². The maximum absolute atomic E-state index is 13.1. The normalized spacial score (nSPS) is 10.3. The lowest BCUT2D eigenvalue weighted by molar-refractivity contribution is -0.137. The summed E-state index contributed by atoms with van der Waals surface area (Å²) < 4.78 is 14.6. The summed E-state index contributed by atoms with van der Waals surface area (Å²) in [5, 5.41) is 11.3. The van der Waals surface area contributed by atoms with Gasteiger partial charge < -0.3 is 15.0 Å². The second-order valence-corrected chi connectivity index (χ2v) is 4.85. The van der Waals surface area contributed by atoms with Gasteiger partial charge in [-0.15, -0.1) is 0 Å². The largest absolute Gasteiger partial charge is 0.480 e. The van der Waals surface area contributed by atoms with Crippen LogP contribution in [0.15, 0.2) is 41.0 Å². The van der Waals surface area contributed by atoms with E-state index in [1.807, 2.05) is 0 Å². The second kappa shape index (κ2) is 5.87. The quantitative estimate of drug-likeness (QED) is 0.898. The van der Waals surface area contributed by atoms with E-state index >= 15 is 0 Å². The zero-order chi connectivity index (χ0) is 14.7. The molecule has 1 amide bonds. The summed E-state index contributed by atoms with van der Waals surface area (Å²) in [4.78, 5) is 22.7. The van der Waals surface area contributed by atoms with Crippen LogP contribution in [0.2, 0.25) is 0 Å². The van der Waals surface area contributed by atoms with Gasteiger partial charge in [-0.1, -0.05) is 0 Å². The molecule has 0 unspecified atom stereocenters. The number of carboxylic acid groups (broad SMARTS) is 1. The molecule has 0 radical (unpaired) electrons. The van der Waals surface area contributed by atoms with Gasteiger partial charge in [0.15, 0.2) is 0 Å². The van der Waals surface area contributed by atoms with Crippen molar-refractivity contribution in [2.24, 2.45) is 0 Å². The Labute approximate surface area is 122 Å². The number of nitrogens with one attached hydrogen (secondary N) is 1. The van der Waals surface area contributed by atoms with Crippen LogP contribution in [0.3, 0.4) is 0 Å². The zero-order valence-corrected chi connectivity index (χ0v) is 11.7. The number of amides is 1. The number of hydrogen-bond donors (Lipinski definition) is 2. The number of carbonyl (C=O) groups excluding carboxylic acids is 1. The number of benzene rings is 1. The van der Waals surface area contributed by atoms with E-state index in [0.29, 0.717) is 5.69 Å². The number of carbonyl (C=O) groups is 2. The molecule has 20 heavy (non-hydrogen) atoms. The Kier molecular flexibility index (Phi) is 4.19. The van der Waals surface area contributed by atoms with Gasteiger partial charge in [-0.2, -0.15) is 0 Å². The Morgan fingerprint density at radius 2 is 2.10 bits per heavy atom. The van der Waals surface area contributed by atoms with E-state index in [1.54, 1.807) is 6.07 Å². The van der Waals surface area contributed by atoms with Crippen LogP contribution in [0, 0.1) is 5.82 Å². The van der Waals surface area contributed by atoms with Crippen LogP contribution in [0.1, 0.15) is 10.5 Å². The molecule has 7 heteroatoms. The lowest BCUT2D eigenvalue weighted by atomic mass is 10.3. The number of aliphatic carboxylic acids is 1. The monoisotopic (exact) mass is 340 g/mol. The van der Waals surface area contributed by atoms with Crippen molar-refractivity contribution in [2.75, 3.05) is 5.32 Å². The smallest absolute Gasteiger partial charge is 0.323 e. The summed E-state index contributed by atoms with van der Waals surface area (Å²) in [5.74, 6) is -1.94. The molecular formula is C13H10BrFN2O3. The van der Waals surface area contributed by atoms with Crippen LogP contribution >= 0.6 is 15.9 Å².